The summed E-state index contributed by atoms with van der Waals surface area (Å²) in [6, 6.07) is 67.6. The fraction of sp³-hybridized carbons (Fsp3) is 0.0417. The monoisotopic (exact) mass is 642 g/mol. The third-order valence-corrected chi connectivity index (χ3v) is 9.54. The smallest absolute Gasteiger partial charge is 0.0468 e. The van der Waals surface area contributed by atoms with E-state index in [0.29, 0.717) is 0 Å². The standard InChI is InChI=1S/C48H38N2/c1-3-35(2)49(38-23-13-6-14-24-38)41-29-31-43-45(33-41)47(36-19-9-4-10-20-36)44-32-30-42(34-46(44)48(43)37-21-11-5-12-22-37)50(39-25-15-7-16-26-39)40-27-17-8-18-28-40/h3-34H,1-2H3. The molecule has 8 rings (SSSR count). The molecule has 0 saturated heterocycles. The Kier molecular flexibility index (Phi) is 8.42. The summed E-state index contributed by atoms with van der Waals surface area (Å²) in [5.41, 5.74) is 11.7. The first-order valence-electron chi connectivity index (χ1n) is 17.2. The van der Waals surface area contributed by atoms with Crippen LogP contribution in [0, 0.1) is 0 Å². The molecule has 0 bridgehead atoms. The van der Waals surface area contributed by atoms with E-state index in [9.17, 15) is 0 Å². The van der Waals surface area contributed by atoms with Gasteiger partial charge >= 0.3 is 0 Å². The molecule has 0 heterocycles. The quantitative estimate of drug-likeness (QED) is 0.152. The zero-order valence-corrected chi connectivity index (χ0v) is 28.4. The number of fused-ring (bicyclic) bond motifs is 2. The van der Waals surface area contributed by atoms with Gasteiger partial charge in [-0.25, -0.2) is 0 Å². The molecule has 8 aromatic carbocycles. The first-order chi connectivity index (χ1) is 24.7. The molecule has 0 spiro atoms. The van der Waals surface area contributed by atoms with Crippen molar-refractivity contribution in [2.24, 2.45) is 0 Å². The van der Waals surface area contributed by atoms with Crippen molar-refractivity contribution >= 4 is 50.0 Å². The summed E-state index contributed by atoms with van der Waals surface area (Å²) in [7, 11) is 0. The van der Waals surface area contributed by atoms with Crippen LogP contribution in [0.15, 0.2) is 200 Å². The normalized spacial score (nSPS) is 11.5. The molecule has 2 heteroatoms. The molecule has 50 heavy (non-hydrogen) atoms. The number of rotatable bonds is 8. The fourth-order valence-electron chi connectivity index (χ4n) is 7.18. The predicted octanol–water partition coefficient (Wildman–Crippen LogP) is 13.9. The van der Waals surface area contributed by atoms with E-state index in [1.807, 2.05) is 0 Å². The average Bonchev–Trinajstić information content (AvgIpc) is 3.19. The predicted molar refractivity (Wildman–Crippen MR) is 215 cm³/mol. The van der Waals surface area contributed by atoms with E-state index in [0.717, 1.165) is 28.4 Å². The Labute approximate surface area is 294 Å². The molecule has 0 aliphatic carbocycles. The number of benzene rings is 8. The second kappa shape index (κ2) is 13.6. The summed E-state index contributed by atoms with van der Waals surface area (Å²) >= 11 is 0. The number of allylic oxidation sites excluding steroid dienone is 2. The highest BCUT2D eigenvalue weighted by molar-refractivity contribution is 6.22. The lowest BCUT2D eigenvalue weighted by Crippen LogP contribution is -2.14. The molecule has 0 amide bonds. The maximum absolute atomic E-state index is 2.39. The molecular formula is C48H38N2. The van der Waals surface area contributed by atoms with Crippen molar-refractivity contribution in [1.29, 1.82) is 0 Å². The summed E-state index contributed by atoms with van der Waals surface area (Å²) in [6.07, 6.45) is 2.18. The van der Waals surface area contributed by atoms with Gasteiger partial charge in [0.05, 0.1) is 0 Å². The highest BCUT2D eigenvalue weighted by Gasteiger charge is 2.21. The first kappa shape index (κ1) is 30.9. The molecule has 0 atom stereocenters. The molecule has 0 aliphatic heterocycles. The molecule has 0 aliphatic rings. The number of nitrogens with zero attached hydrogens (tertiary/aromatic N) is 2. The van der Waals surface area contributed by atoms with Crippen LogP contribution in [0.2, 0.25) is 0 Å². The van der Waals surface area contributed by atoms with E-state index in [1.165, 1.54) is 49.5 Å². The second-order valence-electron chi connectivity index (χ2n) is 12.5. The van der Waals surface area contributed by atoms with Crippen molar-refractivity contribution in [3.63, 3.8) is 0 Å². The van der Waals surface area contributed by atoms with Crippen LogP contribution in [-0.2, 0) is 0 Å². The molecule has 0 saturated carbocycles. The minimum Gasteiger partial charge on any atom is -0.315 e. The van der Waals surface area contributed by atoms with Crippen molar-refractivity contribution < 1.29 is 0 Å². The van der Waals surface area contributed by atoms with Gasteiger partial charge in [0, 0.05) is 34.1 Å². The minimum absolute atomic E-state index is 1.11. The zero-order chi connectivity index (χ0) is 33.9. The summed E-state index contributed by atoms with van der Waals surface area (Å²) in [5.74, 6) is 0. The number of hydrogen-bond acceptors (Lipinski definition) is 2. The molecule has 8 aromatic rings. The summed E-state index contributed by atoms with van der Waals surface area (Å²) in [6.45, 7) is 4.28. The van der Waals surface area contributed by atoms with Gasteiger partial charge in [0.1, 0.15) is 0 Å². The summed E-state index contributed by atoms with van der Waals surface area (Å²) < 4.78 is 0. The highest BCUT2D eigenvalue weighted by atomic mass is 15.1. The topological polar surface area (TPSA) is 6.48 Å². The molecule has 2 nitrogen and oxygen atoms in total. The highest BCUT2D eigenvalue weighted by Crippen LogP contribution is 2.47. The second-order valence-corrected chi connectivity index (χ2v) is 12.5. The van der Waals surface area contributed by atoms with Crippen molar-refractivity contribution in [3.05, 3.63) is 200 Å². The van der Waals surface area contributed by atoms with Crippen LogP contribution in [0.25, 0.3) is 43.8 Å². The van der Waals surface area contributed by atoms with Crippen LogP contribution < -0.4 is 9.80 Å². The maximum atomic E-state index is 2.39. The Morgan fingerprint density at radius 2 is 0.760 bits per heavy atom. The minimum atomic E-state index is 1.11. The van der Waals surface area contributed by atoms with E-state index in [-0.39, 0.29) is 0 Å². The van der Waals surface area contributed by atoms with Gasteiger partial charge in [-0.1, -0.05) is 133 Å². The van der Waals surface area contributed by atoms with E-state index < -0.39 is 0 Å². The van der Waals surface area contributed by atoms with Crippen LogP contribution in [0.1, 0.15) is 13.8 Å². The van der Waals surface area contributed by atoms with Gasteiger partial charge in [-0.15, -0.1) is 0 Å². The van der Waals surface area contributed by atoms with E-state index in [4.69, 9.17) is 0 Å². The van der Waals surface area contributed by atoms with Crippen LogP contribution in [0.4, 0.5) is 28.4 Å². The van der Waals surface area contributed by atoms with Gasteiger partial charge in [-0.05, 0) is 118 Å². The van der Waals surface area contributed by atoms with Gasteiger partial charge in [0.2, 0.25) is 0 Å². The molecule has 0 fully saturated rings. The van der Waals surface area contributed by atoms with Gasteiger partial charge in [0.15, 0.2) is 0 Å². The lowest BCUT2D eigenvalue weighted by molar-refractivity contribution is 1.15. The lowest BCUT2D eigenvalue weighted by atomic mass is 9.85. The molecule has 0 radical (unpaired) electrons. The van der Waals surface area contributed by atoms with Crippen LogP contribution >= 0.6 is 0 Å². The Morgan fingerprint density at radius 1 is 0.380 bits per heavy atom. The van der Waals surface area contributed by atoms with Crippen LogP contribution in [0.3, 0.4) is 0 Å². The van der Waals surface area contributed by atoms with Crippen LogP contribution in [-0.4, -0.2) is 0 Å². The largest absolute Gasteiger partial charge is 0.315 e. The van der Waals surface area contributed by atoms with Gasteiger partial charge < -0.3 is 9.80 Å². The summed E-state index contributed by atoms with van der Waals surface area (Å²) in [4.78, 5) is 4.70. The fourth-order valence-corrected chi connectivity index (χ4v) is 7.18. The number of para-hydroxylation sites is 3. The Morgan fingerprint density at radius 3 is 1.20 bits per heavy atom. The van der Waals surface area contributed by atoms with Gasteiger partial charge in [-0.3, -0.25) is 0 Å². The van der Waals surface area contributed by atoms with Crippen molar-refractivity contribution in [1.82, 2.24) is 0 Å². The zero-order valence-electron chi connectivity index (χ0n) is 28.4. The Balaban J connectivity index is 1.47. The number of hydrogen-bond donors (Lipinski definition) is 0. The van der Waals surface area contributed by atoms with Crippen molar-refractivity contribution in [2.45, 2.75) is 13.8 Å². The van der Waals surface area contributed by atoms with E-state index in [1.54, 1.807) is 0 Å². The first-order valence-corrected chi connectivity index (χ1v) is 17.2. The van der Waals surface area contributed by atoms with Gasteiger partial charge in [-0.2, -0.15) is 0 Å². The van der Waals surface area contributed by atoms with Crippen LogP contribution in [0.5, 0.6) is 0 Å². The number of anilines is 5. The van der Waals surface area contributed by atoms with E-state index >= 15 is 0 Å². The Hall–Kier alpha value is -6.38. The molecular weight excluding hydrogens is 605 g/mol. The summed E-state index contributed by atoms with van der Waals surface area (Å²) in [5, 5.41) is 4.88. The van der Waals surface area contributed by atoms with Crippen molar-refractivity contribution in [2.75, 3.05) is 9.80 Å². The third-order valence-electron chi connectivity index (χ3n) is 9.54. The average molecular weight is 643 g/mol. The SMILES string of the molecule is CC=C(C)N(c1ccccc1)c1ccc2c(-c3ccccc3)c3cc(N(c4ccccc4)c4ccccc4)ccc3c(-c3ccccc3)c2c1. The van der Waals surface area contributed by atoms with E-state index in [2.05, 4.69) is 218 Å². The molecule has 0 unspecified atom stereocenters. The maximum Gasteiger partial charge on any atom is 0.0468 e. The molecule has 240 valence electrons. The molecule has 0 aromatic heterocycles. The lowest BCUT2D eigenvalue weighted by Gasteiger charge is -2.28. The third kappa shape index (κ3) is 5.71. The van der Waals surface area contributed by atoms with Crippen molar-refractivity contribution in [3.8, 4) is 22.3 Å². The molecule has 0 N–H and O–H groups in total. The van der Waals surface area contributed by atoms with Gasteiger partial charge in [0.25, 0.3) is 0 Å². The Bertz CT molecular complexity index is 2380.